The Bertz CT molecular complexity index is 448. The molecule has 1 aromatic carbocycles. The van der Waals surface area contributed by atoms with Crippen LogP contribution in [0.25, 0.3) is 0 Å². The summed E-state index contributed by atoms with van der Waals surface area (Å²) in [6, 6.07) is 6.48. The Kier molecular flexibility index (Phi) is 2.30. The van der Waals surface area contributed by atoms with Gasteiger partial charge in [-0.2, -0.15) is 0 Å². The highest BCUT2D eigenvalue weighted by Gasteiger charge is 2.47. The molecule has 0 radical (unpaired) electrons. The topological polar surface area (TPSA) is 60.2 Å². The average molecular weight is 219 g/mol. The molecule has 1 aliphatic carbocycles. The Morgan fingerprint density at radius 3 is 2.25 bits per heavy atom. The third-order valence-corrected chi connectivity index (χ3v) is 3.49. The summed E-state index contributed by atoms with van der Waals surface area (Å²) in [5, 5.41) is 10.5. The molecule has 0 bridgehead atoms. The van der Waals surface area contributed by atoms with E-state index in [1.54, 1.807) is 12.1 Å². The van der Waals surface area contributed by atoms with Gasteiger partial charge in [0.1, 0.15) is 5.78 Å². The van der Waals surface area contributed by atoms with Crippen LogP contribution in [0.4, 0.5) is 5.69 Å². The van der Waals surface area contributed by atoms with Crippen molar-refractivity contribution >= 4 is 11.5 Å². The average Bonchev–Trinajstić information content (AvgIpc) is 2.26. The summed E-state index contributed by atoms with van der Waals surface area (Å²) in [6.45, 7) is 3.84. The smallest absolute Gasteiger partial charge is 0.269 e. The van der Waals surface area contributed by atoms with Crippen LogP contribution in [0.1, 0.15) is 31.7 Å². The molecule has 1 saturated carbocycles. The van der Waals surface area contributed by atoms with E-state index < -0.39 is 4.92 Å². The van der Waals surface area contributed by atoms with E-state index in [2.05, 4.69) is 0 Å². The maximum atomic E-state index is 11.4. The fourth-order valence-corrected chi connectivity index (χ4v) is 2.13. The molecule has 4 nitrogen and oxygen atoms in total. The minimum Gasteiger partial charge on any atom is -0.299 e. The van der Waals surface area contributed by atoms with Gasteiger partial charge in [0.05, 0.1) is 4.92 Å². The summed E-state index contributed by atoms with van der Waals surface area (Å²) < 4.78 is 0. The fraction of sp³-hybridized carbons (Fsp3) is 0.417. The summed E-state index contributed by atoms with van der Waals surface area (Å²) in [4.78, 5) is 21.5. The van der Waals surface area contributed by atoms with Gasteiger partial charge < -0.3 is 0 Å². The van der Waals surface area contributed by atoms with Crippen LogP contribution in [0.15, 0.2) is 24.3 Å². The van der Waals surface area contributed by atoms with Crippen LogP contribution in [0.5, 0.6) is 0 Å². The molecule has 0 spiro atoms. The number of benzene rings is 1. The van der Waals surface area contributed by atoms with Crippen molar-refractivity contribution in [1.82, 2.24) is 0 Å². The maximum Gasteiger partial charge on any atom is 0.269 e. The number of non-ortho nitro benzene ring substituents is 1. The number of Topliss-reactive ketones (excluding diaryl/α,β-unsaturated/α-hetero) is 1. The monoisotopic (exact) mass is 219 g/mol. The van der Waals surface area contributed by atoms with Crippen molar-refractivity contribution in [3.05, 3.63) is 39.9 Å². The van der Waals surface area contributed by atoms with Gasteiger partial charge in [-0.05, 0) is 5.56 Å². The Hall–Kier alpha value is -1.71. The van der Waals surface area contributed by atoms with E-state index in [0.717, 1.165) is 5.56 Å². The van der Waals surface area contributed by atoms with Crippen LogP contribution in [0, 0.1) is 15.5 Å². The Morgan fingerprint density at radius 1 is 1.31 bits per heavy atom. The minimum absolute atomic E-state index is 0.0900. The number of rotatable bonds is 2. The quantitative estimate of drug-likeness (QED) is 0.567. The number of hydrogen-bond donors (Lipinski definition) is 0. The second-order valence-corrected chi connectivity index (χ2v) is 4.75. The standard InChI is InChI=1S/C12H13NO3/c1-12(2)10(7-11(12)14)8-3-5-9(6-4-8)13(15)16/h3-6,10H,7H2,1-2H3. The molecule has 4 heteroatoms. The van der Waals surface area contributed by atoms with E-state index in [0.29, 0.717) is 6.42 Å². The Morgan fingerprint density at radius 2 is 1.88 bits per heavy atom. The summed E-state index contributed by atoms with van der Waals surface area (Å²) >= 11 is 0. The predicted molar refractivity (Wildman–Crippen MR) is 59.2 cm³/mol. The van der Waals surface area contributed by atoms with Crippen LogP contribution in [0.2, 0.25) is 0 Å². The van der Waals surface area contributed by atoms with E-state index >= 15 is 0 Å². The first kappa shape index (κ1) is 10.8. The SMILES string of the molecule is CC1(C)C(=O)CC1c1ccc([N+](=O)[O-])cc1. The molecule has 1 atom stereocenters. The van der Waals surface area contributed by atoms with E-state index in [-0.39, 0.29) is 22.8 Å². The number of carbonyl (C=O) groups excluding carboxylic acids is 1. The zero-order chi connectivity index (χ0) is 11.9. The van der Waals surface area contributed by atoms with Crippen LogP contribution in [-0.4, -0.2) is 10.7 Å². The maximum absolute atomic E-state index is 11.4. The van der Waals surface area contributed by atoms with Crippen molar-refractivity contribution in [2.45, 2.75) is 26.2 Å². The molecule has 1 aromatic rings. The molecule has 0 N–H and O–H groups in total. The van der Waals surface area contributed by atoms with Gasteiger partial charge in [0, 0.05) is 29.9 Å². The predicted octanol–water partition coefficient (Wildman–Crippen LogP) is 2.68. The number of nitro groups is 1. The van der Waals surface area contributed by atoms with Gasteiger partial charge in [0.2, 0.25) is 0 Å². The van der Waals surface area contributed by atoms with Crippen LogP contribution in [-0.2, 0) is 4.79 Å². The van der Waals surface area contributed by atoms with Crippen molar-refractivity contribution in [2.24, 2.45) is 5.41 Å². The van der Waals surface area contributed by atoms with Crippen molar-refractivity contribution < 1.29 is 9.72 Å². The number of nitro benzene ring substituents is 1. The zero-order valence-electron chi connectivity index (χ0n) is 9.27. The number of carbonyl (C=O) groups is 1. The molecule has 0 aromatic heterocycles. The molecule has 16 heavy (non-hydrogen) atoms. The van der Waals surface area contributed by atoms with Crippen LogP contribution >= 0.6 is 0 Å². The molecule has 1 unspecified atom stereocenters. The van der Waals surface area contributed by atoms with E-state index in [1.165, 1.54) is 12.1 Å². The molecule has 0 heterocycles. The highest BCUT2D eigenvalue weighted by Crippen LogP contribution is 2.49. The third kappa shape index (κ3) is 1.50. The summed E-state index contributed by atoms with van der Waals surface area (Å²) in [6.07, 6.45) is 0.546. The number of ketones is 1. The van der Waals surface area contributed by atoms with Gasteiger partial charge in [-0.1, -0.05) is 26.0 Å². The molecule has 84 valence electrons. The molecule has 1 fully saturated rings. The number of nitrogens with zero attached hydrogens (tertiary/aromatic N) is 1. The zero-order valence-corrected chi connectivity index (χ0v) is 9.27. The second kappa shape index (κ2) is 3.40. The molecule has 2 rings (SSSR count). The second-order valence-electron chi connectivity index (χ2n) is 4.75. The lowest BCUT2D eigenvalue weighted by Gasteiger charge is -2.42. The first-order chi connectivity index (χ1) is 7.43. The van der Waals surface area contributed by atoms with Gasteiger partial charge in [-0.3, -0.25) is 14.9 Å². The highest BCUT2D eigenvalue weighted by atomic mass is 16.6. The van der Waals surface area contributed by atoms with Crippen molar-refractivity contribution in [1.29, 1.82) is 0 Å². The fourth-order valence-electron chi connectivity index (χ4n) is 2.13. The third-order valence-electron chi connectivity index (χ3n) is 3.49. The Balaban J connectivity index is 2.24. The van der Waals surface area contributed by atoms with Crippen molar-refractivity contribution in [3.63, 3.8) is 0 Å². The Labute approximate surface area is 93.4 Å². The van der Waals surface area contributed by atoms with E-state index in [1.807, 2.05) is 13.8 Å². The van der Waals surface area contributed by atoms with Gasteiger partial charge in [-0.25, -0.2) is 0 Å². The summed E-state index contributed by atoms with van der Waals surface area (Å²) in [7, 11) is 0. The van der Waals surface area contributed by atoms with E-state index in [4.69, 9.17) is 0 Å². The lowest BCUT2D eigenvalue weighted by atomic mass is 9.59. The normalized spacial score (nSPS) is 22.6. The highest BCUT2D eigenvalue weighted by molar-refractivity contribution is 5.92. The molecule has 1 aliphatic rings. The molecular weight excluding hydrogens is 206 g/mol. The molecule has 0 amide bonds. The van der Waals surface area contributed by atoms with Gasteiger partial charge in [0.15, 0.2) is 0 Å². The van der Waals surface area contributed by atoms with E-state index in [9.17, 15) is 14.9 Å². The van der Waals surface area contributed by atoms with Crippen molar-refractivity contribution in [3.8, 4) is 0 Å². The summed E-state index contributed by atoms with van der Waals surface area (Å²) in [5.41, 5.74) is 0.776. The van der Waals surface area contributed by atoms with Crippen LogP contribution < -0.4 is 0 Å². The minimum atomic E-state index is -0.416. The summed E-state index contributed by atoms with van der Waals surface area (Å²) in [5.74, 6) is 0.455. The van der Waals surface area contributed by atoms with Gasteiger partial charge in [0.25, 0.3) is 5.69 Å². The first-order valence-corrected chi connectivity index (χ1v) is 5.20. The van der Waals surface area contributed by atoms with Crippen LogP contribution in [0.3, 0.4) is 0 Å². The molecule has 0 aliphatic heterocycles. The van der Waals surface area contributed by atoms with Gasteiger partial charge in [-0.15, -0.1) is 0 Å². The van der Waals surface area contributed by atoms with Gasteiger partial charge >= 0.3 is 0 Å². The largest absolute Gasteiger partial charge is 0.299 e. The molecular formula is C12H13NO3. The number of hydrogen-bond acceptors (Lipinski definition) is 3. The van der Waals surface area contributed by atoms with Crippen molar-refractivity contribution in [2.75, 3.05) is 0 Å². The lowest BCUT2D eigenvalue weighted by Crippen LogP contribution is -2.43. The molecule has 0 saturated heterocycles. The first-order valence-electron chi connectivity index (χ1n) is 5.20. The lowest BCUT2D eigenvalue weighted by molar-refractivity contribution is -0.384.